The van der Waals surface area contributed by atoms with Crippen LogP contribution in [0.25, 0.3) is 0 Å². The van der Waals surface area contributed by atoms with Gasteiger partial charge in [0.15, 0.2) is 11.5 Å². The van der Waals surface area contributed by atoms with Crippen LogP contribution < -0.4 is 14.8 Å². The number of ether oxygens (including phenoxy) is 2. The highest BCUT2D eigenvalue weighted by molar-refractivity contribution is 5.92. The number of hydrogen-bond acceptors (Lipinski definition) is 4. The summed E-state index contributed by atoms with van der Waals surface area (Å²) in [5.74, 6) is 0.911. The molecule has 2 heterocycles. The minimum atomic E-state index is -0.409. The van der Waals surface area contributed by atoms with Gasteiger partial charge in [-0.2, -0.15) is 0 Å². The number of nitrogens with zero attached hydrogens (tertiary/aromatic N) is 1. The van der Waals surface area contributed by atoms with E-state index in [0.717, 1.165) is 42.0 Å². The fourth-order valence-electron chi connectivity index (χ4n) is 3.76. The van der Waals surface area contributed by atoms with E-state index in [4.69, 9.17) is 9.47 Å². The van der Waals surface area contributed by atoms with E-state index < -0.39 is 5.82 Å². The van der Waals surface area contributed by atoms with Crippen molar-refractivity contribution in [1.82, 2.24) is 4.90 Å². The maximum absolute atomic E-state index is 14.0. The van der Waals surface area contributed by atoms with Crippen molar-refractivity contribution in [1.29, 1.82) is 0 Å². The summed E-state index contributed by atoms with van der Waals surface area (Å²) in [6, 6.07) is 10.9. The number of anilines is 1. The number of carbonyl (C=O) groups excluding carboxylic acids is 1. The van der Waals surface area contributed by atoms with Gasteiger partial charge in [-0.1, -0.05) is 12.1 Å². The zero-order valence-electron chi connectivity index (χ0n) is 15.3. The van der Waals surface area contributed by atoms with E-state index in [1.54, 1.807) is 12.1 Å². The van der Waals surface area contributed by atoms with Gasteiger partial charge in [-0.25, -0.2) is 4.39 Å². The Morgan fingerprint density at radius 2 is 2.00 bits per heavy atom. The molecule has 0 spiro atoms. The molecule has 2 aliphatic rings. The summed E-state index contributed by atoms with van der Waals surface area (Å²) in [7, 11) is 0. The van der Waals surface area contributed by atoms with Gasteiger partial charge < -0.3 is 14.8 Å². The van der Waals surface area contributed by atoms with E-state index >= 15 is 0 Å². The Bertz CT molecular complexity index is 855. The summed E-state index contributed by atoms with van der Waals surface area (Å²) in [4.78, 5) is 14.6. The zero-order valence-corrected chi connectivity index (χ0v) is 15.3. The van der Waals surface area contributed by atoms with Crippen molar-refractivity contribution in [2.24, 2.45) is 0 Å². The average Bonchev–Trinajstić information content (AvgIpc) is 3.11. The summed E-state index contributed by atoms with van der Waals surface area (Å²) in [5.41, 5.74) is 2.16. The molecule has 2 aliphatic heterocycles. The highest BCUT2D eigenvalue weighted by Crippen LogP contribution is 2.37. The molecule has 2 aromatic rings. The van der Waals surface area contributed by atoms with Crippen LogP contribution in [0.1, 0.15) is 30.0 Å². The first-order valence-electron chi connectivity index (χ1n) is 9.30. The van der Waals surface area contributed by atoms with Crippen LogP contribution in [0.5, 0.6) is 11.5 Å². The minimum absolute atomic E-state index is 0.148. The normalized spacial score (nSPS) is 19.1. The zero-order chi connectivity index (χ0) is 18.8. The molecule has 0 saturated carbocycles. The van der Waals surface area contributed by atoms with Crippen LogP contribution in [0.3, 0.4) is 0 Å². The van der Waals surface area contributed by atoms with Gasteiger partial charge in [0.2, 0.25) is 5.91 Å². The number of carbonyl (C=O) groups is 1. The van der Waals surface area contributed by atoms with E-state index in [1.807, 2.05) is 25.1 Å². The minimum Gasteiger partial charge on any atom is -0.486 e. The molecule has 0 aromatic heterocycles. The Hall–Kier alpha value is -2.60. The van der Waals surface area contributed by atoms with Crippen molar-refractivity contribution >= 4 is 11.6 Å². The number of benzene rings is 2. The Labute approximate surface area is 158 Å². The summed E-state index contributed by atoms with van der Waals surface area (Å²) < 4.78 is 25.2. The van der Waals surface area contributed by atoms with E-state index in [-0.39, 0.29) is 24.2 Å². The standard InChI is InChI=1S/C21H23FN2O3/c1-14-4-6-17(16(22)11-14)23-21(25)13-24-8-2-3-18(24)15-5-7-19-20(12-15)27-10-9-26-19/h4-7,11-12,18H,2-3,8-10,13H2,1H3,(H,23,25)/t18-/m0/s1. The van der Waals surface area contributed by atoms with Gasteiger partial charge in [-0.15, -0.1) is 0 Å². The highest BCUT2D eigenvalue weighted by atomic mass is 19.1. The van der Waals surface area contributed by atoms with Crippen LogP contribution in [-0.2, 0) is 4.79 Å². The molecule has 1 N–H and O–H groups in total. The molecule has 0 bridgehead atoms. The summed E-state index contributed by atoms with van der Waals surface area (Å²) in [6.07, 6.45) is 2.00. The lowest BCUT2D eigenvalue weighted by atomic mass is 10.0. The molecule has 142 valence electrons. The topological polar surface area (TPSA) is 50.8 Å². The monoisotopic (exact) mass is 370 g/mol. The molecule has 0 aliphatic carbocycles. The van der Waals surface area contributed by atoms with Crippen molar-refractivity contribution in [2.45, 2.75) is 25.8 Å². The fourth-order valence-corrected chi connectivity index (χ4v) is 3.76. The van der Waals surface area contributed by atoms with Crippen molar-refractivity contribution in [3.05, 3.63) is 53.3 Å². The van der Waals surface area contributed by atoms with E-state index in [2.05, 4.69) is 10.2 Å². The van der Waals surface area contributed by atoms with Gasteiger partial charge >= 0.3 is 0 Å². The van der Waals surface area contributed by atoms with Crippen LogP contribution in [-0.4, -0.2) is 37.1 Å². The Morgan fingerprint density at radius 1 is 1.19 bits per heavy atom. The Balaban J connectivity index is 1.44. The third-order valence-electron chi connectivity index (χ3n) is 5.06. The maximum atomic E-state index is 14.0. The molecule has 27 heavy (non-hydrogen) atoms. The van der Waals surface area contributed by atoms with Crippen LogP contribution in [0.4, 0.5) is 10.1 Å². The molecule has 4 rings (SSSR count). The summed E-state index contributed by atoms with van der Waals surface area (Å²) >= 11 is 0. The van der Waals surface area contributed by atoms with Gasteiger partial charge in [-0.05, 0) is 61.7 Å². The maximum Gasteiger partial charge on any atom is 0.238 e. The Morgan fingerprint density at radius 3 is 2.81 bits per heavy atom. The second-order valence-electron chi connectivity index (χ2n) is 7.06. The molecule has 1 amide bonds. The lowest BCUT2D eigenvalue weighted by molar-refractivity contribution is -0.117. The van der Waals surface area contributed by atoms with Gasteiger partial charge in [-0.3, -0.25) is 9.69 Å². The molecule has 0 radical (unpaired) electrons. The van der Waals surface area contributed by atoms with E-state index in [9.17, 15) is 9.18 Å². The molecular formula is C21H23FN2O3. The molecule has 6 heteroatoms. The number of amides is 1. The number of nitrogens with one attached hydrogen (secondary N) is 1. The molecule has 5 nitrogen and oxygen atoms in total. The number of rotatable bonds is 4. The predicted octanol–water partition coefficient (Wildman–Crippen LogP) is 3.68. The number of hydrogen-bond donors (Lipinski definition) is 1. The lowest BCUT2D eigenvalue weighted by Crippen LogP contribution is -2.33. The number of likely N-dealkylation sites (tertiary alicyclic amines) is 1. The first-order chi connectivity index (χ1) is 13.1. The van der Waals surface area contributed by atoms with Crippen LogP contribution in [0.2, 0.25) is 0 Å². The largest absolute Gasteiger partial charge is 0.486 e. The van der Waals surface area contributed by atoms with Gasteiger partial charge in [0.05, 0.1) is 12.2 Å². The van der Waals surface area contributed by atoms with Crippen molar-refractivity contribution in [3.63, 3.8) is 0 Å². The third kappa shape index (κ3) is 3.90. The molecule has 1 fully saturated rings. The molecule has 2 aromatic carbocycles. The van der Waals surface area contributed by atoms with Gasteiger partial charge in [0, 0.05) is 6.04 Å². The van der Waals surface area contributed by atoms with Gasteiger partial charge in [0.1, 0.15) is 19.0 Å². The molecule has 1 atom stereocenters. The fraction of sp³-hybridized carbons (Fsp3) is 0.381. The van der Waals surface area contributed by atoms with Crippen LogP contribution >= 0.6 is 0 Å². The van der Waals surface area contributed by atoms with Crippen LogP contribution in [0, 0.1) is 12.7 Å². The van der Waals surface area contributed by atoms with Crippen molar-refractivity contribution in [3.8, 4) is 11.5 Å². The predicted molar refractivity (Wildman–Crippen MR) is 101 cm³/mol. The molecule has 0 unspecified atom stereocenters. The summed E-state index contributed by atoms with van der Waals surface area (Å²) in [5, 5.41) is 2.69. The number of halogens is 1. The second kappa shape index (κ2) is 7.56. The van der Waals surface area contributed by atoms with Crippen LogP contribution in [0.15, 0.2) is 36.4 Å². The first-order valence-corrected chi connectivity index (χ1v) is 9.30. The smallest absolute Gasteiger partial charge is 0.238 e. The number of aryl methyl sites for hydroxylation is 1. The number of fused-ring (bicyclic) bond motifs is 1. The van der Waals surface area contributed by atoms with Crippen molar-refractivity contribution in [2.75, 3.05) is 31.6 Å². The SMILES string of the molecule is Cc1ccc(NC(=O)CN2CCC[C@H]2c2ccc3c(c2)OCCO3)c(F)c1. The lowest BCUT2D eigenvalue weighted by Gasteiger charge is -2.26. The molecular weight excluding hydrogens is 347 g/mol. The third-order valence-corrected chi connectivity index (χ3v) is 5.06. The molecule has 1 saturated heterocycles. The Kier molecular flexibility index (Phi) is 4.99. The van der Waals surface area contributed by atoms with E-state index in [0.29, 0.717) is 13.2 Å². The first kappa shape index (κ1) is 17.8. The second-order valence-corrected chi connectivity index (χ2v) is 7.06. The van der Waals surface area contributed by atoms with Crippen molar-refractivity contribution < 1.29 is 18.7 Å². The summed E-state index contributed by atoms with van der Waals surface area (Å²) in [6.45, 7) is 4.00. The quantitative estimate of drug-likeness (QED) is 0.892. The van der Waals surface area contributed by atoms with Gasteiger partial charge in [0.25, 0.3) is 0 Å². The van der Waals surface area contributed by atoms with E-state index in [1.165, 1.54) is 6.07 Å². The highest BCUT2D eigenvalue weighted by Gasteiger charge is 2.29. The average molecular weight is 370 g/mol.